The molecule has 0 unspecified atom stereocenters. The average Bonchev–Trinajstić information content (AvgIpc) is 3.14. The minimum absolute atomic E-state index is 0.0110. The van der Waals surface area contributed by atoms with Crippen molar-refractivity contribution in [1.29, 1.82) is 0 Å². The molecule has 32 heavy (non-hydrogen) atoms. The van der Waals surface area contributed by atoms with Gasteiger partial charge in [0.25, 0.3) is 0 Å². The van der Waals surface area contributed by atoms with Crippen molar-refractivity contribution in [3.8, 4) is 5.75 Å². The number of aromatic hydroxyl groups is 1. The Balaban J connectivity index is 1.28. The van der Waals surface area contributed by atoms with Gasteiger partial charge in [0.05, 0.1) is 24.9 Å². The molecule has 1 heterocycles. The molecule has 5 aliphatic rings. The highest BCUT2D eigenvalue weighted by Crippen LogP contribution is 2.75. The number of rotatable bonds is 2. The van der Waals surface area contributed by atoms with Crippen LogP contribution in [0.3, 0.4) is 0 Å². The van der Waals surface area contributed by atoms with E-state index in [4.69, 9.17) is 9.47 Å². The van der Waals surface area contributed by atoms with E-state index in [-0.39, 0.29) is 46.9 Å². The van der Waals surface area contributed by atoms with Gasteiger partial charge in [-0.3, -0.25) is 0 Å². The van der Waals surface area contributed by atoms with Crippen molar-refractivity contribution in [1.82, 2.24) is 0 Å². The molecule has 1 aromatic carbocycles. The third kappa shape index (κ3) is 2.65. The molecule has 1 aromatic rings. The van der Waals surface area contributed by atoms with Gasteiger partial charge >= 0.3 is 0 Å². The number of hydrogen-bond acceptors (Lipinski definition) is 5. The largest absolute Gasteiger partial charge is 0.508 e. The molecule has 4 saturated carbocycles. The summed E-state index contributed by atoms with van der Waals surface area (Å²) in [5.41, 5.74) is 0.594. The van der Waals surface area contributed by atoms with Crippen LogP contribution in [0.25, 0.3) is 0 Å². The van der Waals surface area contributed by atoms with E-state index in [1.54, 1.807) is 12.1 Å². The minimum atomic E-state index is -0.871. The Hall–Kier alpha value is -1.14. The summed E-state index contributed by atoms with van der Waals surface area (Å²) in [7, 11) is 0. The topological polar surface area (TPSA) is 79.2 Å². The van der Waals surface area contributed by atoms with Gasteiger partial charge < -0.3 is 24.8 Å². The molecule has 5 heteroatoms. The molecule has 0 amide bonds. The Bertz CT molecular complexity index is 887. The van der Waals surface area contributed by atoms with Crippen molar-refractivity contribution in [2.45, 2.75) is 83.2 Å². The van der Waals surface area contributed by atoms with Gasteiger partial charge in [-0.15, -0.1) is 0 Å². The highest BCUT2D eigenvalue weighted by Gasteiger charge is 2.71. The zero-order chi connectivity index (χ0) is 22.4. The molecule has 5 nitrogen and oxygen atoms in total. The number of aliphatic hydroxyl groups is 2. The maximum absolute atomic E-state index is 11.1. The van der Waals surface area contributed by atoms with Crippen LogP contribution in [0.4, 0.5) is 0 Å². The fourth-order valence-corrected chi connectivity index (χ4v) is 9.37. The summed E-state index contributed by atoms with van der Waals surface area (Å²) in [5, 5.41) is 30.6. The molecule has 4 aliphatic carbocycles. The van der Waals surface area contributed by atoms with Crippen LogP contribution in [0.1, 0.15) is 77.1 Å². The van der Waals surface area contributed by atoms with Gasteiger partial charge in [0, 0.05) is 11.0 Å². The van der Waals surface area contributed by atoms with E-state index < -0.39 is 5.60 Å². The van der Waals surface area contributed by atoms with Crippen LogP contribution >= 0.6 is 0 Å². The summed E-state index contributed by atoms with van der Waals surface area (Å²) in [5.74, 6) is 1.72. The summed E-state index contributed by atoms with van der Waals surface area (Å²) in [4.78, 5) is 0. The van der Waals surface area contributed by atoms with Crippen LogP contribution in [0.5, 0.6) is 5.75 Å². The Morgan fingerprint density at radius 3 is 2.53 bits per heavy atom. The molecule has 1 saturated heterocycles. The maximum atomic E-state index is 11.1. The quantitative estimate of drug-likeness (QED) is 0.626. The Kier molecular flexibility index (Phi) is 4.64. The summed E-state index contributed by atoms with van der Waals surface area (Å²) in [6, 6.07) is 7.17. The molecule has 0 aromatic heterocycles. The van der Waals surface area contributed by atoms with Crippen LogP contribution < -0.4 is 0 Å². The number of ether oxygens (including phenoxy) is 2. The van der Waals surface area contributed by atoms with Crippen LogP contribution in [-0.2, 0) is 9.47 Å². The molecular weight excluding hydrogens is 404 g/mol. The second-order valence-electron chi connectivity index (χ2n) is 12.2. The number of fused-ring (bicyclic) bond motifs is 4. The molecule has 9 atom stereocenters. The van der Waals surface area contributed by atoms with E-state index >= 15 is 0 Å². The zero-order valence-corrected chi connectivity index (χ0v) is 19.4. The van der Waals surface area contributed by atoms with Gasteiger partial charge in [-0.2, -0.15) is 0 Å². The number of phenolic OH excluding ortho intramolecular Hbond substituents is 1. The predicted molar refractivity (Wildman–Crippen MR) is 120 cm³/mol. The van der Waals surface area contributed by atoms with Crippen molar-refractivity contribution in [3.05, 3.63) is 29.8 Å². The second kappa shape index (κ2) is 6.94. The molecule has 0 radical (unpaired) electrons. The van der Waals surface area contributed by atoms with Gasteiger partial charge in [0.1, 0.15) is 5.75 Å². The highest BCUT2D eigenvalue weighted by molar-refractivity contribution is 5.27. The smallest absolute Gasteiger partial charge is 0.184 e. The highest BCUT2D eigenvalue weighted by atomic mass is 16.7. The number of hydrogen-bond donors (Lipinski definition) is 3. The summed E-state index contributed by atoms with van der Waals surface area (Å²) in [6.45, 7) is 5.54. The Morgan fingerprint density at radius 1 is 1.00 bits per heavy atom. The molecular formula is C27H38O5. The summed E-state index contributed by atoms with van der Waals surface area (Å²) < 4.78 is 13.0. The van der Waals surface area contributed by atoms with Crippen LogP contribution in [0, 0.1) is 34.0 Å². The lowest BCUT2D eigenvalue weighted by molar-refractivity contribution is -0.320. The van der Waals surface area contributed by atoms with Crippen molar-refractivity contribution >= 4 is 0 Å². The van der Waals surface area contributed by atoms with Gasteiger partial charge in [-0.05, 0) is 92.1 Å². The first-order valence-electron chi connectivity index (χ1n) is 12.6. The van der Waals surface area contributed by atoms with Crippen LogP contribution in [0.2, 0.25) is 0 Å². The van der Waals surface area contributed by atoms with E-state index in [1.165, 1.54) is 19.3 Å². The molecule has 1 aliphatic heterocycles. The maximum Gasteiger partial charge on any atom is 0.184 e. The van der Waals surface area contributed by atoms with E-state index in [0.29, 0.717) is 18.4 Å². The van der Waals surface area contributed by atoms with Gasteiger partial charge in [-0.1, -0.05) is 26.0 Å². The monoisotopic (exact) mass is 442 g/mol. The van der Waals surface area contributed by atoms with E-state index in [2.05, 4.69) is 13.8 Å². The number of aliphatic hydroxyl groups excluding tert-OH is 1. The molecule has 176 valence electrons. The summed E-state index contributed by atoms with van der Waals surface area (Å²) in [6.07, 6.45) is 8.38. The predicted octanol–water partition coefficient (Wildman–Crippen LogP) is 4.55. The lowest BCUT2D eigenvalue weighted by atomic mass is 9.39. The standard InChI is InChI=1S/C27H38O5/c1-24-16-31-23(17-3-6-20(29)7-4-17)32-22(24)9-10-25(2)21(24)8-5-18-13-19-14-26(18,25)11-12-27(19,30)15-28/h3-4,6-7,18-19,21-23,28-30H,5,8-16H2,1-2H3/t18-,19+,21-,22+,23-,24-,25-,26-,27-/m0/s1. The number of benzene rings is 1. The van der Waals surface area contributed by atoms with Crippen molar-refractivity contribution < 1.29 is 24.8 Å². The molecule has 3 N–H and O–H groups in total. The normalized spacial score (nSPS) is 52.1. The van der Waals surface area contributed by atoms with Gasteiger partial charge in [0.15, 0.2) is 6.29 Å². The van der Waals surface area contributed by atoms with Crippen LogP contribution in [-0.4, -0.2) is 40.2 Å². The fourth-order valence-electron chi connectivity index (χ4n) is 9.37. The first-order valence-corrected chi connectivity index (χ1v) is 12.6. The van der Waals surface area contributed by atoms with Crippen molar-refractivity contribution in [2.24, 2.45) is 34.0 Å². The third-order valence-electron chi connectivity index (χ3n) is 11.2. The number of phenols is 1. The van der Waals surface area contributed by atoms with E-state index in [1.807, 2.05) is 12.1 Å². The van der Waals surface area contributed by atoms with Gasteiger partial charge in [-0.25, -0.2) is 0 Å². The molecule has 1 spiro atoms. The second-order valence-corrected chi connectivity index (χ2v) is 12.2. The Morgan fingerprint density at radius 2 is 1.78 bits per heavy atom. The van der Waals surface area contributed by atoms with Crippen LogP contribution in [0.15, 0.2) is 24.3 Å². The first kappa shape index (κ1) is 21.4. The molecule has 6 rings (SSSR count). The van der Waals surface area contributed by atoms with Crippen molar-refractivity contribution in [2.75, 3.05) is 13.2 Å². The van der Waals surface area contributed by atoms with Gasteiger partial charge in [0.2, 0.25) is 0 Å². The molecule has 5 fully saturated rings. The van der Waals surface area contributed by atoms with E-state index in [9.17, 15) is 15.3 Å². The Labute approximate surface area is 191 Å². The summed E-state index contributed by atoms with van der Waals surface area (Å²) >= 11 is 0. The van der Waals surface area contributed by atoms with E-state index in [0.717, 1.165) is 37.7 Å². The lowest BCUT2D eigenvalue weighted by Gasteiger charge is -2.68. The fraction of sp³-hybridized carbons (Fsp3) is 0.778. The zero-order valence-electron chi connectivity index (χ0n) is 19.4. The molecule has 2 bridgehead atoms. The lowest BCUT2D eigenvalue weighted by Crippen LogP contribution is -2.64. The minimum Gasteiger partial charge on any atom is -0.508 e. The van der Waals surface area contributed by atoms with Crippen molar-refractivity contribution in [3.63, 3.8) is 0 Å². The SMILES string of the molecule is C[C@@]12CO[C@H](c3ccc(O)cc3)O[C@@H]1CC[C@@]1(C)[C@H]2CC[C@H]2C[C@@H]3C[C@@]21CC[C@]3(O)CO. The first-order chi connectivity index (χ1) is 15.2. The average molecular weight is 443 g/mol. The third-order valence-corrected chi connectivity index (χ3v) is 11.2.